The quantitative estimate of drug-likeness (QED) is 0.727. The molecule has 1 saturated heterocycles. The Labute approximate surface area is 154 Å². The Bertz CT molecular complexity index is 971. The van der Waals surface area contributed by atoms with E-state index in [-0.39, 0.29) is 0 Å². The first-order chi connectivity index (χ1) is 12.7. The summed E-state index contributed by atoms with van der Waals surface area (Å²) in [4.78, 5) is 4.96. The Morgan fingerprint density at radius 3 is 2.38 bits per heavy atom. The van der Waals surface area contributed by atoms with Crippen LogP contribution in [-0.2, 0) is 13.6 Å². The van der Waals surface area contributed by atoms with Crippen molar-refractivity contribution in [2.75, 3.05) is 31.1 Å². The van der Waals surface area contributed by atoms with Crippen LogP contribution in [0, 0.1) is 18.3 Å². The van der Waals surface area contributed by atoms with Crippen LogP contribution in [0.15, 0.2) is 48.5 Å². The minimum atomic E-state index is 0.743. The molecule has 2 heterocycles. The number of aromatic nitrogens is 1. The number of anilines is 1. The maximum absolute atomic E-state index is 9.21. The molecule has 1 aromatic heterocycles. The minimum Gasteiger partial charge on any atom is -0.369 e. The first-order valence-electron chi connectivity index (χ1n) is 9.17. The molecule has 0 N–H and O–H groups in total. The summed E-state index contributed by atoms with van der Waals surface area (Å²) in [7, 11) is 1.97. The SMILES string of the molecule is Cc1c(CN2CCN(c3ccc4ccccc4c3)CC2)cc(C#N)n1C. The second-order valence-electron chi connectivity index (χ2n) is 7.11. The van der Waals surface area contributed by atoms with Gasteiger partial charge >= 0.3 is 0 Å². The number of nitrogens with zero attached hydrogens (tertiary/aromatic N) is 4. The van der Waals surface area contributed by atoms with Gasteiger partial charge < -0.3 is 9.47 Å². The van der Waals surface area contributed by atoms with Crippen molar-refractivity contribution < 1.29 is 0 Å². The summed E-state index contributed by atoms with van der Waals surface area (Å²) in [6.07, 6.45) is 0. The molecule has 0 radical (unpaired) electrons. The number of piperazine rings is 1. The average Bonchev–Trinajstić information content (AvgIpc) is 2.96. The predicted molar refractivity (Wildman–Crippen MR) is 106 cm³/mol. The zero-order chi connectivity index (χ0) is 18.1. The molecule has 3 aromatic rings. The lowest BCUT2D eigenvalue weighted by atomic mass is 10.1. The van der Waals surface area contributed by atoms with Crippen LogP contribution in [0.5, 0.6) is 0 Å². The van der Waals surface area contributed by atoms with Gasteiger partial charge in [0.25, 0.3) is 0 Å². The Hall–Kier alpha value is -2.77. The highest BCUT2D eigenvalue weighted by molar-refractivity contribution is 5.85. The van der Waals surface area contributed by atoms with Crippen LogP contribution in [0.2, 0.25) is 0 Å². The van der Waals surface area contributed by atoms with Crippen LogP contribution in [0.4, 0.5) is 5.69 Å². The van der Waals surface area contributed by atoms with Crippen LogP contribution in [-0.4, -0.2) is 35.6 Å². The number of hydrogen-bond donors (Lipinski definition) is 0. The van der Waals surface area contributed by atoms with Gasteiger partial charge in [-0.3, -0.25) is 4.90 Å². The fourth-order valence-corrected chi connectivity index (χ4v) is 3.81. The van der Waals surface area contributed by atoms with Gasteiger partial charge in [-0.05, 0) is 41.5 Å². The van der Waals surface area contributed by atoms with E-state index in [1.165, 1.54) is 27.7 Å². The largest absolute Gasteiger partial charge is 0.369 e. The zero-order valence-electron chi connectivity index (χ0n) is 15.4. The van der Waals surface area contributed by atoms with Gasteiger partial charge in [0.2, 0.25) is 0 Å². The second-order valence-corrected chi connectivity index (χ2v) is 7.11. The minimum absolute atomic E-state index is 0.743. The molecule has 1 aliphatic heterocycles. The summed E-state index contributed by atoms with van der Waals surface area (Å²) >= 11 is 0. The molecule has 0 spiro atoms. The molecule has 0 bridgehead atoms. The molecule has 2 aromatic carbocycles. The molecular formula is C22H24N4. The lowest BCUT2D eigenvalue weighted by molar-refractivity contribution is 0.249. The lowest BCUT2D eigenvalue weighted by Crippen LogP contribution is -2.46. The standard InChI is InChI=1S/C22H24N4/c1-17-20(14-22(15-23)24(17)2)16-25-9-11-26(12-10-25)21-8-7-18-5-3-4-6-19(18)13-21/h3-8,13-14H,9-12,16H2,1-2H3. The van der Waals surface area contributed by atoms with Gasteiger partial charge in [-0.15, -0.1) is 0 Å². The molecule has 4 heteroatoms. The van der Waals surface area contributed by atoms with E-state index < -0.39 is 0 Å². The zero-order valence-corrected chi connectivity index (χ0v) is 15.4. The van der Waals surface area contributed by atoms with Crippen molar-refractivity contribution in [3.05, 3.63) is 65.5 Å². The highest BCUT2D eigenvalue weighted by Crippen LogP contribution is 2.24. The van der Waals surface area contributed by atoms with Gasteiger partial charge in [-0.25, -0.2) is 0 Å². The van der Waals surface area contributed by atoms with E-state index in [9.17, 15) is 5.26 Å². The van der Waals surface area contributed by atoms with Crippen molar-refractivity contribution in [1.82, 2.24) is 9.47 Å². The molecule has 0 aliphatic carbocycles. The van der Waals surface area contributed by atoms with E-state index in [1.54, 1.807) is 0 Å². The molecule has 26 heavy (non-hydrogen) atoms. The van der Waals surface area contributed by atoms with Gasteiger partial charge in [0.05, 0.1) is 0 Å². The lowest BCUT2D eigenvalue weighted by Gasteiger charge is -2.36. The van der Waals surface area contributed by atoms with Crippen molar-refractivity contribution in [1.29, 1.82) is 5.26 Å². The third-order valence-corrected chi connectivity index (χ3v) is 5.62. The molecule has 1 aliphatic rings. The van der Waals surface area contributed by atoms with E-state index in [2.05, 4.69) is 65.3 Å². The molecule has 0 atom stereocenters. The maximum atomic E-state index is 9.21. The summed E-state index contributed by atoms with van der Waals surface area (Å²) in [6, 6.07) is 19.6. The monoisotopic (exact) mass is 344 g/mol. The molecule has 132 valence electrons. The number of benzene rings is 2. The normalized spacial score (nSPS) is 15.3. The molecule has 4 rings (SSSR count). The van der Waals surface area contributed by atoms with Crippen LogP contribution in [0.25, 0.3) is 10.8 Å². The highest BCUT2D eigenvalue weighted by atomic mass is 15.3. The van der Waals surface area contributed by atoms with Crippen molar-refractivity contribution in [2.24, 2.45) is 7.05 Å². The predicted octanol–water partition coefficient (Wildman–Crippen LogP) is 3.68. The third-order valence-electron chi connectivity index (χ3n) is 5.62. The van der Waals surface area contributed by atoms with Gasteiger partial charge in [0.15, 0.2) is 0 Å². The number of nitriles is 1. The third kappa shape index (κ3) is 3.07. The van der Waals surface area contributed by atoms with Crippen molar-refractivity contribution >= 4 is 16.5 Å². The summed E-state index contributed by atoms with van der Waals surface area (Å²) in [5.74, 6) is 0. The van der Waals surface area contributed by atoms with Gasteiger partial charge in [0.1, 0.15) is 11.8 Å². The summed E-state index contributed by atoms with van der Waals surface area (Å²) in [5, 5.41) is 11.8. The van der Waals surface area contributed by atoms with Gasteiger partial charge in [0, 0.05) is 51.2 Å². The summed E-state index contributed by atoms with van der Waals surface area (Å²) in [5.41, 5.74) is 4.51. The molecule has 0 unspecified atom stereocenters. The molecule has 1 fully saturated rings. The number of rotatable bonds is 3. The topological polar surface area (TPSA) is 35.2 Å². The smallest absolute Gasteiger partial charge is 0.120 e. The van der Waals surface area contributed by atoms with Crippen LogP contribution in [0.3, 0.4) is 0 Å². The first-order valence-corrected chi connectivity index (χ1v) is 9.17. The molecule has 0 saturated carbocycles. The number of fused-ring (bicyclic) bond motifs is 1. The van der Waals surface area contributed by atoms with Gasteiger partial charge in [-0.1, -0.05) is 30.3 Å². The molecule has 0 amide bonds. The van der Waals surface area contributed by atoms with E-state index in [4.69, 9.17) is 0 Å². The van der Waals surface area contributed by atoms with E-state index in [1.807, 2.05) is 17.7 Å². The van der Waals surface area contributed by atoms with Crippen LogP contribution >= 0.6 is 0 Å². The Morgan fingerprint density at radius 1 is 0.962 bits per heavy atom. The molecular weight excluding hydrogens is 320 g/mol. The highest BCUT2D eigenvalue weighted by Gasteiger charge is 2.19. The fourth-order valence-electron chi connectivity index (χ4n) is 3.81. The first kappa shape index (κ1) is 16.7. The van der Waals surface area contributed by atoms with Crippen molar-refractivity contribution in [3.63, 3.8) is 0 Å². The molecule has 4 nitrogen and oxygen atoms in total. The van der Waals surface area contributed by atoms with Crippen molar-refractivity contribution in [2.45, 2.75) is 13.5 Å². The van der Waals surface area contributed by atoms with E-state index in [0.717, 1.165) is 38.4 Å². The Kier molecular flexibility index (Phi) is 4.40. The average molecular weight is 344 g/mol. The second kappa shape index (κ2) is 6.86. The summed E-state index contributed by atoms with van der Waals surface area (Å²) < 4.78 is 1.99. The summed E-state index contributed by atoms with van der Waals surface area (Å²) in [6.45, 7) is 7.19. The fraction of sp³-hybridized carbons (Fsp3) is 0.318. The Morgan fingerprint density at radius 2 is 1.69 bits per heavy atom. The Balaban J connectivity index is 1.43. The maximum Gasteiger partial charge on any atom is 0.120 e. The number of hydrogen-bond acceptors (Lipinski definition) is 3. The van der Waals surface area contributed by atoms with Crippen molar-refractivity contribution in [3.8, 4) is 6.07 Å². The van der Waals surface area contributed by atoms with E-state index in [0.29, 0.717) is 0 Å². The van der Waals surface area contributed by atoms with Crippen LogP contribution < -0.4 is 4.90 Å². The van der Waals surface area contributed by atoms with Crippen LogP contribution in [0.1, 0.15) is 17.0 Å². The van der Waals surface area contributed by atoms with E-state index >= 15 is 0 Å². The van der Waals surface area contributed by atoms with Gasteiger partial charge in [-0.2, -0.15) is 5.26 Å².